The van der Waals surface area contributed by atoms with Crippen LogP contribution in [0.2, 0.25) is 0 Å². The van der Waals surface area contributed by atoms with E-state index >= 15 is 0 Å². The first kappa shape index (κ1) is 9.57. The maximum Gasteiger partial charge on any atom is 0.307 e. The predicted octanol–water partition coefficient (Wildman–Crippen LogP) is 0.910. The van der Waals surface area contributed by atoms with Crippen LogP contribution in [-0.4, -0.2) is 22.5 Å². The van der Waals surface area contributed by atoms with Crippen molar-refractivity contribution >= 4 is 5.91 Å². The molecule has 1 heterocycles. The third-order valence-electron chi connectivity index (χ3n) is 1.50. The molecule has 0 fully saturated rings. The molecule has 5 heteroatoms. The average molecular weight is 184 g/mol. The SMILES string of the molecule is CCCCNC(=O)c1nc(O)co1. The van der Waals surface area contributed by atoms with Crippen LogP contribution in [0.5, 0.6) is 5.88 Å². The molecule has 2 N–H and O–H groups in total. The molecular weight excluding hydrogens is 172 g/mol. The largest absolute Gasteiger partial charge is 0.491 e. The van der Waals surface area contributed by atoms with Gasteiger partial charge in [-0.15, -0.1) is 0 Å². The molecule has 0 atom stereocenters. The van der Waals surface area contributed by atoms with Gasteiger partial charge in [0.25, 0.3) is 11.8 Å². The van der Waals surface area contributed by atoms with Crippen LogP contribution in [0.15, 0.2) is 10.7 Å². The highest BCUT2D eigenvalue weighted by molar-refractivity contribution is 5.89. The number of aromatic hydroxyl groups is 1. The maximum atomic E-state index is 11.2. The first-order valence-corrected chi connectivity index (χ1v) is 4.16. The molecule has 0 aliphatic rings. The second kappa shape index (κ2) is 4.49. The number of hydrogen-bond acceptors (Lipinski definition) is 4. The molecule has 5 nitrogen and oxygen atoms in total. The Hall–Kier alpha value is -1.52. The summed E-state index contributed by atoms with van der Waals surface area (Å²) in [7, 11) is 0. The third kappa shape index (κ3) is 2.77. The second-order valence-corrected chi connectivity index (χ2v) is 2.62. The fourth-order valence-corrected chi connectivity index (χ4v) is 0.824. The molecule has 1 aromatic rings. The molecule has 0 aromatic carbocycles. The van der Waals surface area contributed by atoms with Crippen molar-refractivity contribution in [2.75, 3.05) is 6.54 Å². The lowest BCUT2D eigenvalue weighted by atomic mass is 10.3. The minimum absolute atomic E-state index is 0.103. The van der Waals surface area contributed by atoms with Crippen LogP contribution < -0.4 is 5.32 Å². The molecule has 13 heavy (non-hydrogen) atoms. The van der Waals surface area contributed by atoms with Crippen LogP contribution >= 0.6 is 0 Å². The van der Waals surface area contributed by atoms with Crippen molar-refractivity contribution in [1.82, 2.24) is 10.3 Å². The Morgan fingerprint density at radius 2 is 2.54 bits per heavy atom. The third-order valence-corrected chi connectivity index (χ3v) is 1.50. The van der Waals surface area contributed by atoms with Gasteiger partial charge < -0.3 is 14.8 Å². The van der Waals surface area contributed by atoms with Crippen LogP contribution in [0.4, 0.5) is 0 Å². The van der Waals surface area contributed by atoms with E-state index in [1.54, 1.807) is 0 Å². The van der Waals surface area contributed by atoms with Gasteiger partial charge in [0.1, 0.15) is 0 Å². The number of aromatic nitrogens is 1. The van der Waals surface area contributed by atoms with E-state index in [1.165, 1.54) is 0 Å². The van der Waals surface area contributed by atoms with E-state index in [9.17, 15) is 4.79 Å². The molecule has 0 saturated carbocycles. The Morgan fingerprint density at radius 3 is 3.08 bits per heavy atom. The van der Waals surface area contributed by atoms with Crippen molar-refractivity contribution in [3.63, 3.8) is 0 Å². The summed E-state index contributed by atoms with van der Waals surface area (Å²) < 4.78 is 4.68. The van der Waals surface area contributed by atoms with E-state index in [4.69, 9.17) is 5.11 Å². The first-order valence-electron chi connectivity index (χ1n) is 4.16. The standard InChI is InChI=1S/C8H12N2O3/c1-2-3-4-9-7(12)8-10-6(11)5-13-8/h5,11H,2-4H2,1H3,(H,9,12). The van der Waals surface area contributed by atoms with Crippen molar-refractivity contribution in [3.8, 4) is 5.88 Å². The van der Waals surface area contributed by atoms with E-state index in [1.807, 2.05) is 6.92 Å². The van der Waals surface area contributed by atoms with Gasteiger partial charge in [-0.05, 0) is 6.42 Å². The minimum Gasteiger partial charge on any atom is -0.491 e. The zero-order valence-corrected chi connectivity index (χ0v) is 7.41. The number of carbonyl (C=O) groups excluding carboxylic acids is 1. The van der Waals surface area contributed by atoms with Gasteiger partial charge in [-0.3, -0.25) is 4.79 Å². The number of rotatable bonds is 4. The van der Waals surface area contributed by atoms with E-state index in [0.717, 1.165) is 19.1 Å². The molecule has 0 saturated heterocycles. The number of carbonyl (C=O) groups is 1. The van der Waals surface area contributed by atoms with Gasteiger partial charge in [0.2, 0.25) is 0 Å². The summed E-state index contributed by atoms with van der Waals surface area (Å²) >= 11 is 0. The summed E-state index contributed by atoms with van der Waals surface area (Å²) in [6.45, 7) is 2.63. The van der Waals surface area contributed by atoms with Crippen molar-refractivity contribution in [1.29, 1.82) is 0 Å². The fourth-order valence-electron chi connectivity index (χ4n) is 0.824. The molecule has 1 amide bonds. The normalized spacial score (nSPS) is 9.92. The minimum atomic E-state index is -0.395. The number of nitrogens with zero attached hydrogens (tertiary/aromatic N) is 1. The molecule has 0 bridgehead atoms. The van der Waals surface area contributed by atoms with Crippen molar-refractivity contribution in [3.05, 3.63) is 12.2 Å². The van der Waals surface area contributed by atoms with Gasteiger partial charge in [0, 0.05) is 6.54 Å². The Morgan fingerprint density at radius 1 is 1.77 bits per heavy atom. The van der Waals surface area contributed by atoms with E-state index < -0.39 is 5.91 Å². The Kier molecular flexibility index (Phi) is 3.31. The van der Waals surface area contributed by atoms with Crippen LogP contribution in [0.25, 0.3) is 0 Å². The van der Waals surface area contributed by atoms with Crippen molar-refractivity contribution < 1.29 is 14.3 Å². The summed E-state index contributed by atoms with van der Waals surface area (Å²) in [6.07, 6.45) is 2.95. The molecule has 0 aliphatic heterocycles. The zero-order chi connectivity index (χ0) is 9.68. The molecular formula is C8H12N2O3. The Labute approximate surface area is 75.8 Å². The Bertz CT molecular complexity index is 283. The molecule has 0 aliphatic carbocycles. The second-order valence-electron chi connectivity index (χ2n) is 2.62. The highest BCUT2D eigenvalue weighted by atomic mass is 16.4. The lowest BCUT2D eigenvalue weighted by molar-refractivity contribution is 0.0918. The van der Waals surface area contributed by atoms with E-state index in [-0.39, 0.29) is 11.8 Å². The summed E-state index contributed by atoms with van der Waals surface area (Å²) in [4.78, 5) is 14.6. The molecule has 0 unspecified atom stereocenters. The van der Waals surface area contributed by atoms with E-state index in [0.29, 0.717) is 6.54 Å². The van der Waals surface area contributed by atoms with Crippen molar-refractivity contribution in [2.24, 2.45) is 0 Å². The van der Waals surface area contributed by atoms with Crippen LogP contribution in [0, 0.1) is 0 Å². The first-order chi connectivity index (χ1) is 6.24. The number of unbranched alkanes of at least 4 members (excludes halogenated alkanes) is 1. The number of oxazole rings is 1. The quantitative estimate of drug-likeness (QED) is 0.682. The van der Waals surface area contributed by atoms with Gasteiger partial charge in [-0.25, -0.2) is 0 Å². The highest BCUT2D eigenvalue weighted by Crippen LogP contribution is 2.06. The predicted molar refractivity (Wildman–Crippen MR) is 45.4 cm³/mol. The Balaban J connectivity index is 2.40. The number of hydrogen-bond donors (Lipinski definition) is 2. The molecule has 72 valence electrons. The van der Waals surface area contributed by atoms with Gasteiger partial charge in [-0.1, -0.05) is 13.3 Å². The van der Waals surface area contributed by atoms with Gasteiger partial charge in [0.15, 0.2) is 6.26 Å². The van der Waals surface area contributed by atoms with E-state index in [2.05, 4.69) is 14.7 Å². The van der Waals surface area contributed by atoms with Gasteiger partial charge in [0.05, 0.1) is 0 Å². The monoisotopic (exact) mass is 184 g/mol. The molecule has 1 aromatic heterocycles. The molecule has 0 radical (unpaired) electrons. The smallest absolute Gasteiger partial charge is 0.307 e. The van der Waals surface area contributed by atoms with Crippen LogP contribution in [0.1, 0.15) is 30.5 Å². The topological polar surface area (TPSA) is 75.4 Å². The summed E-state index contributed by atoms with van der Waals surface area (Å²) in [6, 6.07) is 0. The lowest BCUT2D eigenvalue weighted by Crippen LogP contribution is -2.24. The van der Waals surface area contributed by atoms with Gasteiger partial charge >= 0.3 is 5.91 Å². The average Bonchev–Trinajstić information content (AvgIpc) is 2.52. The molecule has 1 rings (SSSR count). The van der Waals surface area contributed by atoms with Gasteiger partial charge in [-0.2, -0.15) is 4.98 Å². The number of nitrogens with one attached hydrogen (secondary N) is 1. The summed E-state index contributed by atoms with van der Waals surface area (Å²) in [5, 5.41) is 11.4. The summed E-state index contributed by atoms with van der Waals surface area (Å²) in [5.74, 6) is -0.775. The van der Waals surface area contributed by atoms with Crippen molar-refractivity contribution in [2.45, 2.75) is 19.8 Å². The zero-order valence-electron chi connectivity index (χ0n) is 7.41. The molecule has 0 spiro atoms. The summed E-state index contributed by atoms with van der Waals surface area (Å²) in [5.41, 5.74) is 0. The number of amides is 1. The highest BCUT2D eigenvalue weighted by Gasteiger charge is 2.11. The lowest BCUT2D eigenvalue weighted by Gasteiger charge is -1.98. The fraction of sp³-hybridized carbons (Fsp3) is 0.500. The van der Waals surface area contributed by atoms with Crippen LogP contribution in [-0.2, 0) is 0 Å². The van der Waals surface area contributed by atoms with Crippen LogP contribution in [0.3, 0.4) is 0 Å². The maximum absolute atomic E-state index is 11.2.